The van der Waals surface area contributed by atoms with E-state index in [1.165, 1.54) is 28.4 Å². The first-order valence-electron chi connectivity index (χ1n) is 6.61. The first-order valence-corrected chi connectivity index (χ1v) is 7.40. The van der Waals surface area contributed by atoms with Crippen LogP contribution < -0.4 is 0 Å². The number of benzene rings is 1. The van der Waals surface area contributed by atoms with E-state index in [-0.39, 0.29) is 0 Å². The molecule has 2 rings (SSSR count). The minimum atomic E-state index is 0.319. The molecule has 1 aliphatic rings. The Hall–Kier alpha value is -0.300. The van der Waals surface area contributed by atoms with E-state index in [0.717, 1.165) is 6.42 Å². The summed E-state index contributed by atoms with van der Waals surface area (Å²) in [7, 11) is 0. The lowest BCUT2D eigenvalue weighted by atomic mass is 9.63. The second kappa shape index (κ2) is 4.12. The van der Waals surface area contributed by atoms with Gasteiger partial charge < -0.3 is 0 Å². The summed E-state index contributed by atoms with van der Waals surface area (Å²) in [5.74, 6) is 0. The topological polar surface area (TPSA) is 0 Å². The van der Waals surface area contributed by atoms with Gasteiger partial charge in [-0.1, -0.05) is 56.6 Å². The van der Waals surface area contributed by atoms with E-state index in [2.05, 4.69) is 62.7 Å². The van der Waals surface area contributed by atoms with E-state index in [9.17, 15) is 0 Å². The molecule has 0 unspecified atom stereocenters. The summed E-state index contributed by atoms with van der Waals surface area (Å²) in [4.78, 5) is 0. The Morgan fingerprint density at radius 3 is 1.94 bits per heavy atom. The van der Waals surface area contributed by atoms with Crippen molar-refractivity contribution in [1.82, 2.24) is 0 Å². The minimum absolute atomic E-state index is 0.319. The molecule has 0 aliphatic heterocycles. The van der Waals surface area contributed by atoms with Crippen LogP contribution >= 0.6 is 15.9 Å². The van der Waals surface area contributed by atoms with Gasteiger partial charge in [0.1, 0.15) is 0 Å². The van der Waals surface area contributed by atoms with E-state index in [4.69, 9.17) is 0 Å². The van der Waals surface area contributed by atoms with Crippen LogP contribution in [0.3, 0.4) is 0 Å². The average molecular weight is 295 g/mol. The van der Waals surface area contributed by atoms with Gasteiger partial charge in [-0.25, -0.2) is 0 Å². The molecule has 0 atom stereocenters. The summed E-state index contributed by atoms with van der Waals surface area (Å²) >= 11 is 3.72. The van der Waals surface area contributed by atoms with Gasteiger partial charge in [0.2, 0.25) is 0 Å². The molecule has 17 heavy (non-hydrogen) atoms. The van der Waals surface area contributed by atoms with Crippen molar-refractivity contribution in [2.75, 3.05) is 0 Å². The molecule has 0 aromatic heterocycles. The fourth-order valence-electron chi connectivity index (χ4n) is 2.90. The largest absolute Gasteiger partial charge is 0.0613 e. The zero-order valence-electron chi connectivity index (χ0n) is 11.7. The van der Waals surface area contributed by atoms with Crippen LogP contribution in [0.15, 0.2) is 16.6 Å². The van der Waals surface area contributed by atoms with Crippen LogP contribution in [0.25, 0.3) is 0 Å². The van der Waals surface area contributed by atoms with Gasteiger partial charge in [0, 0.05) is 4.47 Å². The SMILES string of the molecule is CCc1cc2c(cc1Br)C(C)(C)CCC2(C)C. The minimum Gasteiger partial charge on any atom is -0.0613 e. The Balaban J connectivity index is 2.68. The Kier molecular flexibility index (Phi) is 3.18. The molecule has 0 saturated carbocycles. The number of aryl methyl sites for hydroxylation is 1. The quantitative estimate of drug-likeness (QED) is 0.654. The molecule has 0 heterocycles. The van der Waals surface area contributed by atoms with E-state index < -0.39 is 0 Å². The summed E-state index contributed by atoms with van der Waals surface area (Å²) < 4.78 is 1.28. The highest BCUT2D eigenvalue weighted by molar-refractivity contribution is 9.10. The molecule has 0 fully saturated rings. The van der Waals surface area contributed by atoms with Gasteiger partial charge in [-0.05, 0) is 52.8 Å². The van der Waals surface area contributed by atoms with Crippen molar-refractivity contribution >= 4 is 15.9 Å². The fraction of sp³-hybridized carbons (Fsp3) is 0.625. The van der Waals surface area contributed by atoms with Crippen LogP contribution in [-0.2, 0) is 17.3 Å². The summed E-state index contributed by atoms with van der Waals surface area (Å²) in [6.07, 6.45) is 3.67. The third-order valence-electron chi connectivity index (χ3n) is 4.40. The van der Waals surface area contributed by atoms with E-state index in [1.54, 1.807) is 5.56 Å². The van der Waals surface area contributed by atoms with Crippen molar-refractivity contribution in [3.05, 3.63) is 33.3 Å². The molecule has 1 aromatic rings. The average Bonchev–Trinajstić information content (AvgIpc) is 2.24. The van der Waals surface area contributed by atoms with Gasteiger partial charge >= 0.3 is 0 Å². The summed E-state index contributed by atoms with van der Waals surface area (Å²) in [5, 5.41) is 0. The smallest absolute Gasteiger partial charge is 0.0210 e. The van der Waals surface area contributed by atoms with Crippen LogP contribution in [-0.4, -0.2) is 0 Å². The monoisotopic (exact) mass is 294 g/mol. The van der Waals surface area contributed by atoms with Gasteiger partial charge in [-0.2, -0.15) is 0 Å². The molecule has 0 radical (unpaired) electrons. The van der Waals surface area contributed by atoms with Crippen molar-refractivity contribution < 1.29 is 0 Å². The Morgan fingerprint density at radius 2 is 1.47 bits per heavy atom. The first kappa shape index (κ1) is 13.1. The van der Waals surface area contributed by atoms with Gasteiger partial charge in [0.05, 0.1) is 0 Å². The second-order valence-corrected chi connectivity index (χ2v) is 7.46. The van der Waals surface area contributed by atoms with Gasteiger partial charge in [0.25, 0.3) is 0 Å². The van der Waals surface area contributed by atoms with E-state index >= 15 is 0 Å². The molecular weight excluding hydrogens is 272 g/mol. The maximum absolute atomic E-state index is 3.72. The number of rotatable bonds is 1. The van der Waals surface area contributed by atoms with Crippen molar-refractivity contribution in [1.29, 1.82) is 0 Å². The highest BCUT2D eigenvalue weighted by atomic mass is 79.9. The molecule has 0 spiro atoms. The molecule has 0 bridgehead atoms. The normalized spacial score (nSPS) is 21.1. The third-order valence-corrected chi connectivity index (χ3v) is 5.14. The molecule has 0 amide bonds. The predicted octanol–water partition coefficient (Wildman–Crippen LogP) is 5.36. The molecule has 0 N–H and O–H groups in total. The van der Waals surface area contributed by atoms with Crippen LogP contribution in [0.4, 0.5) is 0 Å². The Labute approximate surface area is 114 Å². The van der Waals surface area contributed by atoms with Gasteiger partial charge in [-0.15, -0.1) is 0 Å². The van der Waals surface area contributed by atoms with Crippen LogP contribution in [0.2, 0.25) is 0 Å². The molecule has 1 aromatic carbocycles. The number of halogens is 1. The van der Waals surface area contributed by atoms with Crippen LogP contribution in [0.1, 0.15) is 64.2 Å². The Morgan fingerprint density at radius 1 is 1.00 bits per heavy atom. The van der Waals surface area contributed by atoms with Gasteiger partial charge in [-0.3, -0.25) is 0 Å². The number of hydrogen-bond acceptors (Lipinski definition) is 0. The zero-order valence-corrected chi connectivity index (χ0v) is 13.2. The van der Waals surface area contributed by atoms with Crippen molar-refractivity contribution in [2.45, 2.75) is 64.7 Å². The van der Waals surface area contributed by atoms with E-state index in [0.29, 0.717) is 10.8 Å². The maximum Gasteiger partial charge on any atom is 0.0210 e. The number of fused-ring (bicyclic) bond motifs is 1. The maximum atomic E-state index is 3.72. The molecular formula is C16H23Br. The molecule has 0 saturated heterocycles. The second-order valence-electron chi connectivity index (χ2n) is 6.61. The standard InChI is InChI=1S/C16H23Br/c1-6-11-9-12-13(10-14(11)17)16(4,5)8-7-15(12,2)3/h9-10H,6-8H2,1-5H3. The zero-order chi connectivity index (χ0) is 12.8. The lowest BCUT2D eigenvalue weighted by molar-refractivity contribution is 0.331. The lowest BCUT2D eigenvalue weighted by Gasteiger charge is -2.42. The van der Waals surface area contributed by atoms with Crippen molar-refractivity contribution in [3.63, 3.8) is 0 Å². The van der Waals surface area contributed by atoms with Gasteiger partial charge in [0.15, 0.2) is 0 Å². The van der Waals surface area contributed by atoms with Crippen molar-refractivity contribution in [3.8, 4) is 0 Å². The summed E-state index contributed by atoms with van der Waals surface area (Å²) in [6.45, 7) is 11.7. The Bertz CT molecular complexity index is 441. The molecule has 1 heteroatoms. The third kappa shape index (κ3) is 2.19. The molecule has 1 aliphatic carbocycles. The molecule has 94 valence electrons. The van der Waals surface area contributed by atoms with Crippen LogP contribution in [0, 0.1) is 0 Å². The fourth-order valence-corrected chi connectivity index (χ4v) is 3.53. The summed E-state index contributed by atoms with van der Waals surface area (Å²) in [5.41, 5.74) is 5.19. The van der Waals surface area contributed by atoms with E-state index in [1.807, 2.05) is 0 Å². The van der Waals surface area contributed by atoms with Crippen LogP contribution in [0.5, 0.6) is 0 Å². The first-order chi connectivity index (χ1) is 7.78. The predicted molar refractivity (Wildman–Crippen MR) is 78.8 cm³/mol. The molecule has 0 nitrogen and oxygen atoms in total. The lowest BCUT2D eigenvalue weighted by Crippen LogP contribution is -2.34. The van der Waals surface area contributed by atoms with Crippen molar-refractivity contribution in [2.24, 2.45) is 0 Å². The highest BCUT2D eigenvalue weighted by Gasteiger charge is 2.37. The highest BCUT2D eigenvalue weighted by Crippen LogP contribution is 2.47. The summed E-state index contributed by atoms with van der Waals surface area (Å²) in [6, 6.07) is 4.80. The number of hydrogen-bond donors (Lipinski definition) is 0.